The number of thiophene rings is 1. The second-order valence-electron chi connectivity index (χ2n) is 4.37. The Balaban J connectivity index is 1.90. The van der Waals surface area contributed by atoms with Gasteiger partial charge in [0.05, 0.1) is 0 Å². The van der Waals surface area contributed by atoms with Crippen LogP contribution >= 0.6 is 11.3 Å². The maximum absolute atomic E-state index is 9.44. The lowest BCUT2D eigenvalue weighted by Gasteiger charge is -2.04. The lowest BCUT2D eigenvalue weighted by atomic mass is 10.0. The number of fused-ring (bicyclic) bond motifs is 1. The number of phenolic OH excluding ortho intramolecular Hbond substituents is 1. The molecular weight excluding hydrogens is 228 g/mol. The molecule has 1 aromatic heterocycles. The first-order valence-corrected chi connectivity index (χ1v) is 6.70. The van der Waals surface area contributed by atoms with E-state index in [1.807, 2.05) is 23.5 Å². The van der Waals surface area contributed by atoms with Gasteiger partial charge >= 0.3 is 0 Å². The summed E-state index contributed by atoms with van der Waals surface area (Å²) in [7, 11) is 0. The molecule has 0 saturated carbocycles. The van der Waals surface area contributed by atoms with Crippen molar-refractivity contribution in [2.24, 2.45) is 0 Å². The molecule has 0 amide bonds. The third kappa shape index (κ3) is 2.27. The predicted octanol–water partition coefficient (Wildman–Crippen LogP) is 4.43. The van der Waals surface area contributed by atoms with Gasteiger partial charge in [0.15, 0.2) is 0 Å². The van der Waals surface area contributed by atoms with Crippen molar-refractivity contribution in [3.05, 3.63) is 52.9 Å². The molecule has 0 aliphatic heterocycles. The summed E-state index contributed by atoms with van der Waals surface area (Å²) in [4.78, 5) is 1.36. The summed E-state index contributed by atoms with van der Waals surface area (Å²) in [5.41, 5.74) is 1.41. The molecule has 86 valence electrons. The molecule has 1 nitrogen and oxygen atoms in total. The van der Waals surface area contributed by atoms with E-state index in [2.05, 4.69) is 24.3 Å². The van der Waals surface area contributed by atoms with Gasteiger partial charge < -0.3 is 5.11 Å². The second kappa shape index (κ2) is 4.38. The molecular formula is C15H14OS. The van der Waals surface area contributed by atoms with Crippen molar-refractivity contribution in [2.45, 2.75) is 19.3 Å². The highest BCUT2D eigenvalue weighted by Gasteiger charge is 2.05. The zero-order valence-corrected chi connectivity index (χ0v) is 10.3. The summed E-state index contributed by atoms with van der Waals surface area (Å²) in [5, 5.41) is 10.6. The first-order valence-electron chi connectivity index (χ1n) is 5.88. The average molecular weight is 242 g/mol. The molecule has 17 heavy (non-hydrogen) atoms. The molecule has 0 unspecified atom stereocenters. The van der Waals surface area contributed by atoms with Crippen molar-refractivity contribution in [3.63, 3.8) is 0 Å². The average Bonchev–Trinajstić information content (AvgIpc) is 2.71. The van der Waals surface area contributed by atoms with E-state index in [0.29, 0.717) is 5.75 Å². The van der Waals surface area contributed by atoms with Crippen LogP contribution in [0.1, 0.15) is 17.7 Å². The molecule has 0 radical (unpaired) electrons. The molecule has 2 aromatic rings. The highest BCUT2D eigenvalue weighted by atomic mass is 32.1. The minimum atomic E-state index is 0.346. The Kier molecular flexibility index (Phi) is 2.73. The van der Waals surface area contributed by atoms with Gasteiger partial charge in [-0.25, -0.2) is 0 Å². The third-order valence-corrected chi connectivity index (χ3v) is 4.12. The minimum absolute atomic E-state index is 0.346. The molecule has 1 aliphatic carbocycles. The Morgan fingerprint density at radius 1 is 1.18 bits per heavy atom. The van der Waals surface area contributed by atoms with Crippen LogP contribution < -0.4 is 0 Å². The van der Waals surface area contributed by atoms with Crippen LogP contribution in [0.3, 0.4) is 0 Å². The first-order chi connectivity index (χ1) is 8.31. The summed E-state index contributed by atoms with van der Waals surface area (Å²) >= 11 is 1.81. The Hall–Kier alpha value is -1.54. The third-order valence-electron chi connectivity index (χ3n) is 3.00. The van der Waals surface area contributed by atoms with Crippen LogP contribution in [0.15, 0.2) is 48.1 Å². The fraction of sp³-hybridized carbons (Fsp3) is 0.200. The Labute approximate surface area is 105 Å². The molecule has 3 rings (SSSR count). The Morgan fingerprint density at radius 3 is 2.94 bits per heavy atom. The highest BCUT2D eigenvalue weighted by Crippen LogP contribution is 2.30. The molecule has 2 heteroatoms. The van der Waals surface area contributed by atoms with Gasteiger partial charge in [-0.3, -0.25) is 0 Å². The number of hydrogen-bond donors (Lipinski definition) is 1. The van der Waals surface area contributed by atoms with E-state index in [9.17, 15) is 5.11 Å². The first kappa shape index (κ1) is 10.6. The van der Waals surface area contributed by atoms with Crippen LogP contribution in [0, 0.1) is 0 Å². The van der Waals surface area contributed by atoms with E-state index in [4.69, 9.17) is 0 Å². The lowest BCUT2D eigenvalue weighted by Crippen LogP contribution is -1.88. The van der Waals surface area contributed by atoms with E-state index >= 15 is 0 Å². The fourth-order valence-corrected chi connectivity index (χ4v) is 3.25. The fourth-order valence-electron chi connectivity index (χ4n) is 2.17. The van der Waals surface area contributed by atoms with Gasteiger partial charge in [0.25, 0.3) is 0 Å². The molecule has 1 aliphatic rings. The maximum Gasteiger partial charge on any atom is 0.116 e. The zero-order chi connectivity index (χ0) is 11.7. The van der Waals surface area contributed by atoms with Crippen molar-refractivity contribution in [3.8, 4) is 5.75 Å². The van der Waals surface area contributed by atoms with E-state index in [1.165, 1.54) is 21.6 Å². The van der Waals surface area contributed by atoms with Gasteiger partial charge in [-0.05, 0) is 48.1 Å². The van der Waals surface area contributed by atoms with Gasteiger partial charge in [0, 0.05) is 16.0 Å². The highest BCUT2D eigenvalue weighted by molar-refractivity contribution is 7.19. The number of phenols is 1. The van der Waals surface area contributed by atoms with Crippen molar-refractivity contribution < 1.29 is 5.11 Å². The van der Waals surface area contributed by atoms with Crippen molar-refractivity contribution >= 4 is 21.4 Å². The molecule has 0 fully saturated rings. The summed E-state index contributed by atoms with van der Waals surface area (Å²) in [6.45, 7) is 0. The van der Waals surface area contributed by atoms with Gasteiger partial charge in [0.2, 0.25) is 0 Å². The molecule has 1 aromatic carbocycles. The topological polar surface area (TPSA) is 20.2 Å². The van der Waals surface area contributed by atoms with E-state index < -0.39 is 0 Å². The minimum Gasteiger partial charge on any atom is -0.508 e. The van der Waals surface area contributed by atoms with Crippen molar-refractivity contribution in [1.29, 1.82) is 0 Å². The van der Waals surface area contributed by atoms with Crippen molar-refractivity contribution in [2.75, 3.05) is 0 Å². The lowest BCUT2D eigenvalue weighted by molar-refractivity contribution is 0.476. The molecule has 0 atom stereocenters. The standard InChI is InChI=1S/C15H14OS/c16-13-6-7-15-12(9-13)10-14(17-15)8-11-4-2-1-3-5-11/h2,4-7,9-10,16H,1,3,8H2. The monoisotopic (exact) mass is 242 g/mol. The van der Waals surface area contributed by atoms with Crippen LogP contribution in [0.5, 0.6) is 5.75 Å². The van der Waals surface area contributed by atoms with E-state index in [0.717, 1.165) is 18.2 Å². The van der Waals surface area contributed by atoms with E-state index in [1.54, 1.807) is 6.07 Å². The molecule has 1 heterocycles. The molecule has 0 saturated heterocycles. The van der Waals surface area contributed by atoms with Gasteiger partial charge in [-0.15, -0.1) is 11.3 Å². The number of benzene rings is 1. The number of aromatic hydroxyl groups is 1. The zero-order valence-electron chi connectivity index (χ0n) is 9.52. The van der Waals surface area contributed by atoms with Gasteiger partial charge in [0.1, 0.15) is 5.75 Å². The van der Waals surface area contributed by atoms with Crippen LogP contribution in [0.2, 0.25) is 0 Å². The van der Waals surface area contributed by atoms with Crippen LogP contribution in [0.25, 0.3) is 10.1 Å². The molecule has 0 spiro atoms. The van der Waals surface area contributed by atoms with Crippen LogP contribution in [-0.2, 0) is 6.42 Å². The summed E-state index contributed by atoms with van der Waals surface area (Å²) in [6.07, 6.45) is 10.1. The Morgan fingerprint density at radius 2 is 2.12 bits per heavy atom. The normalized spacial score (nSPS) is 15.2. The second-order valence-corrected chi connectivity index (χ2v) is 5.54. The summed E-state index contributed by atoms with van der Waals surface area (Å²) in [6, 6.07) is 7.76. The SMILES string of the molecule is Oc1ccc2sc(CC3=CCCC=C3)cc2c1. The largest absolute Gasteiger partial charge is 0.508 e. The maximum atomic E-state index is 9.44. The molecule has 1 N–H and O–H groups in total. The van der Waals surface area contributed by atoms with Gasteiger partial charge in [-0.1, -0.05) is 18.2 Å². The number of rotatable bonds is 2. The predicted molar refractivity (Wildman–Crippen MR) is 73.7 cm³/mol. The smallest absolute Gasteiger partial charge is 0.116 e. The van der Waals surface area contributed by atoms with E-state index in [-0.39, 0.29) is 0 Å². The van der Waals surface area contributed by atoms with Crippen molar-refractivity contribution in [1.82, 2.24) is 0 Å². The number of allylic oxidation sites excluding steroid dienone is 4. The quantitative estimate of drug-likeness (QED) is 0.826. The Bertz CT molecular complexity index is 604. The van der Waals surface area contributed by atoms with Gasteiger partial charge in [-0.2, -0.15) is 0 Å². The number of hydrogen-bond acceptors (Lipinski definition) is 2. The van der Waals surface area contributed by atoms with Crippen LogP contribution in [0.4, 0.5) is 0 Å². The van der Waals surface area contributed by atoms with Crippen LogP contribution in [-0.4, -0.2) is 5.11 Å². The summed E-state index contributed by atoms with van der Waals surface area (Å²) < 4.78 is 1.25. The summed E-state index contributed by atoms with van der Waals surface area (Å²) in [5.74, 6) is 0.346. The molecule has 0 bridgehead atoms.